The van der Waals surface area contributed by atoms with E-state index in [1.807, 2.05) is 19.1 Å². The molecule has 1 N–H and O–H groups in total. The van der Waals surface area contributed by atoms with Crippen LogP contribution >= 0.6 is 11.6 Å². The van der Waals surface area contributed by atoms with Crippen LogP contribution < -0.4 is 5.32 Å². The van der Waals surface area contributed by atoms with Gasteiger partial charge in [0, 0.05) is 17.6 Å². The third-order valence-corrected chi connectivity index (χ3v) is 3.72. The molecule has 3 heteroatoms. The van der Waals surface area contributed by atoms with Crippen molar-refractivity contribution in [3.8, 4) is 0 Å². The van der Waals surface area contributed by atoms with Crippen molar-refractivity contribution >= 4 is 11.6 Å². The highest BCUT2D eigenvalue weighted by molar-refractivity contribution is 6.30. The molecule has 0 aliphatic heterocycles. The molecule has 0 radical (unpaired) electrons. The second-order valence-corrected chi connectivity index (χ2v) is 5.82. The maximum absolute atomic E-state index is 6.01. The van der Waals surface area contributed by atoms with E-state index in [0.29, 0.717) is 18.6 Å². The van der Waals surface area contributed by atoms with Crippen LogP contribution in [0, 0.1) is 0 Å². The summed E-state index contributed by atoms with van der Waals surface area (Å²) in [4.78, 5) is 0. The maximum atomic E-state index is 6.01. The summed E-state index contributed by atoms with van der Waals surface area (Å²) in [6.07, 6.45) is 2.39. The van der Waals surface area contributed by atoms with Gasteiger partial charge in [0.05, 0.1) is 13.2 Å². The van der Waals surface area contributed by atoms with Gasteiger partial charge in [0.15, 0.2) is 0 Å². The van der Waals surface area contributed by atoms with Gasteiger partial charge >= 0.3 is 0 Å². The molecular weight excluding hydrogens is 258 g/mol. The van der Waals surface area contributed by atoms with Crippen molar-refractivity contribution in [3.63, 3.8) is 0 Å². The number of halogens is 1. The van der Waals surface area contributed by atoms with Gasteiger partial charge in [0.25, 0.3) is 0 Å². The van der Waals surface area contributed by atoms with E-state index in [1.54, 1.807) is 0 Å². The van der Waals surface area contributed by atoms with E-state index in [2.05, 4.69) is 24.0 Å². The Kier molecular flexibility index (Phi) is 5.44. The SMILES string of the molecule is C=C(C)COCCNC1CC(c2cccc(Cl)c2)C1. The zero-order valence-corrected chi connectivity index (χ0v) is 12.2. The third-order valence-electron chi connectivity index (χ3n) is 3.49. The van der Waals surface area contributed by atoms with Crippen LogP contribution in [0.3, 0.4) is 0 Å². The highest BCUT2D eigenvalue weighted by atomic mass is 35.5. The number of hydrogen-bond donors (Lipinski definition) is 1. The Labute approximate surface area is 120 Å². The summed E-state index contributed by atoms with van der Waals surface area (Å²) in [5.41, 5.74) is 2.44. The van der Waals surface area contributed by atoms with Crippen LogP contribution in [0.2, 0.25) is 5.02 Å². The summed E-state index contributed by atoms with van der Waals surface area (Å²) < 4.78 is 5.46. The van der Waals surface area contributed by atoms with Crippen LogP contribution in [-0.2, 0) is 4.74 Å². The van der Waals surface area contributed by atoms with Crippen molar-refractivity contribution in [2.24, 2.45) is 0 Å². The molecule has 0 aromatic heterocycles. The Balaban J connectivity index is 1.60. The van der Waals surface area contributed by atoms with Crippen molar-refractivity contribution in [3.05, 3.63) is 47.0 Å². The quantitative estimate of drug-likeness (QED) is 0.606. The molecule has 0 unspecified atom stereocenters. The van der Waals surface area contributed by atoms with Crippen LogP contribution in [0.4, 0.5) is 0 Å². The predicted octanol–water partition coefficient (Wildman–Crippen LogP) is 3.77. The molecule has 1 aromatic rings. The van der Waals surface area contributed by atoms with Gasteiger partial charge in [-0.1, -0.05) is 35.9 Å². The van der Waals surface area contributed by atoms with E-state index >= 15 is 0 Å². The summed E-state index contributed by atoms with van der Waals surface area (Å²) >= 11 is 6.01. The highest BCUT2D eigenvalue weighted by Crippen LogP contribution is 2.37. The molecule has 19 heavy (non-hydrogen) atoms. The average Bonchev–Trinajstić information content (AvgIpc) is 2.30. The molecule has 0 atom stereocenters. The molecule has 0 amide bonds. The molecule has 0 bridgehead atoms. The second-order valence-electron chi connectivity index (χ2n) is 5.38. The fourth-order valence-electron chi connectivity index (χ4n) is 2.40. The van der Waals surface area contributed by atoms with Crippen molar-refractivity contribution < 1.29 is 4.74 Å². The zero-order chi connectivity index (χ0) is 13.7. The largest absolute Gasteiger partial charge is 0.376 e. The first kappa shape index (κ1) is 14.6. The maximum Gasteiger partial charge on any atom is 0.0672 e. The summed E-state index contributed by atoms with van der Waals surface area (Å²) in [6, 6.07) is 8.83. The third kappa shape index (κ3) is 4.64. The lowest BCUT2D eigenvalue weighted by molar-refractivity contribution is 0.148. The minimum atomic E-state index is 0.623. The first-order valence-electron chi connectivity index (χ1n) is 6.86. The van der Waals surface area contributed by atoms with E-state index in [4.69, 9.17) is 16.3 Å². The first-order chi connectivity index (χ1) is 9.15. The molecule has 1 aliphatic rings. The summed E-state index contributed by atoms with van der Waals surface area (Å²) in [7, 11) is 0. The van der Waals surface area contributed by atoms with Gasteiger partial charge in [0.1, 0.15) is 0 Å². The van der Waals surface area contributed by atoms with Crippen LogP contribution in [0.5, 0.6) is 0 Å². The molecule has 0 heterocycles. The van der Waals surface area contributed by atoms with Gasteiger partial charge < -0.3 is 10.1 Å². The van der Waals surface area contributed by atoms with Crippen molar-refractivity contribution in [2.75, 3.05) is 19.8 Å². The fourth-order valence-corrected chi connectivity index (χ4v) is 2.60. The fraction of sp³-hybridized carbons (Fsp3) is 0.500. The molecule has 1 aromatic carbocycles. The lowest BCUT2D eigenvalue weighted by atomic mass is 9.76. The average molecular weight is 280 g/mol. The molecule has 0 saturated heterocycles. The van der Waals surface area contributed by atoms with Gasteiger partial charge in [-0.3, -0.25) is 0 Å². The second kappa shape index (κ2) is 7.09. The standard InChI is InChI=1S/C16H22ClNO/c1-12(2)11-19-7-6-18-16-9-14(10-16)13-4-3-5-15(17)8-13/h3-5,8,14,16,18H,1,6-7,9-11H2,2H3. The number of ether oxygens (including phenoxy) is 1. The highest BCUT2D eigenvalue weighted by Gasteiger charge is 2.29. The molecular formula is C16H22ClNO. The van der Waals surface area contributed by atoms with E-state index < -0.39 is 0 Å². The molecule has 104 valence electrons. The molecule has 1 aliphatic carbocycles. The van der Waals surface area contributed by atoms with Crippen LogP contribution in [-0.4, -0.2) is 25.8 Å². The molecule has 1 fully saturated rings. The van der Waals surface area contributed by atoms with E-state index in [1.165, 1.54) is 18.4 Å². The summed E-state index contributed by atoms with van der Waals surface area (Å²) in [5, 5.41) is 4.35. The minimum absolute atomic E-state index is 0.623. The van der Waals surface area contributed by atoms with Gasteiger partial charge in [-0.15, -0.1) is 0 Å². The van der Waals surface area contributed by atoms with Gasteiger partial charge in [0.2, 0.25) is 0 Å². The smallest absolute Gasteiger partial charge is 0.0672 e. The first-order valence-corrected chi connectivity index (χ1v) is 7.24. The van der Waals surface area contributed by atoms with Crippen LogP contribution in [0.25, 0.3) is 0 Å². The van der Waals surface area contributed by atoms with E-state index in [-0.39, 0.29) is 0 Å². The number of hydrogen-bond acceptors (Lipinski definition) is 2. The van der Waals surface area contributed by atoms with Gasteiger partial charge in [-0.25, -0.2) is 0 Å². The van der Waals surface area contributed by atoms with Crippen molar-refractivity contribution in [2.45, 2.75) is 31.7 Å². The van der Waals surface area contributed by atoms with E-state index in [9.17, 15) is 0 Å². The lowest BCUT2D eigenvalue weighted by Gasteiger charge is -2.36. The number of nitrogens with one attached hydrogen (secondary N) is 1. The van der Waals surface area contributed by atoms with E-state index in [0.717, 1.165) is 23.7 Å². The van der Waals surface area contributed by atoms with Crippen molar-refractivity contribution in [1.29, 1.82) is 0 Å². The molecule has 2 nitrogen and oxygen atoms in total. The zero-order valence-electron chi connectivity index (χ0n) is 11.5. The summed E-state index contributed by atoms with van der Waals surface area (Å²) in [6.45, 7) is 8.13. The Morgan fingerprint density at radius 2 is 2.26 bits per heavy atom. The van der Waals surface area contributed by atoms with Gasteiger partial charge in [-0.05, 0) is 43.4 Å². The monoisotopic (exact) mass is 279 g/mol. The predicted molar refractivity (Wildman–Crippen MR) is 80.9 cm³/mol. The molecule has 1 saturated carbocycles. The molecule has 0 spiro atoms. The number of rotatable bonds is 7. The Morgan fingerprint density at radius 1 is 1.47 bits per heavy atom. The normalized spacial score (nSPS) is 22.0. The van der Waals surface area contributed by atoms with Crippen molar-refractivity contribution in [1.82, 2.24) is 5.32 Å². The molecule has 2 rings (SSSR count). The Morgan fingerprint density at radius 3 is 2.95 bits per heavy atom. The topological polar surface area (TPSA) is 21.3 Å². The van der Waals surface area contributed by atoms with Crippen LogP contribution in [0.1, 0.15) is 31.2 Å². The summed E-state index contributed by atoms with van der Waals surface area (Å²) in [5.74, 6) is 0.660. The van der Waals surface area contributed by atoms with Gasteiger partial charge in [-0.2, -0.15) is 0 Å². The number of benzene rings is 1. The minimum Gasteiger partial charge on any atom is -0.376 e. The lowest BCUT2D eigenvalue weighted by Crippen LogP contribution is -2.41. The Bertz CT molecular complexity index is 427. The Hall–Kier alpha value is -0.830. The van der Waals surface area contributed by atoms with Crippen LogP contribution in [0.15, 0.2) is 36.4 Å².